The molecule has 5 heteroatoms. The van der Waals surface area contributed by atoms with E-state index in [1.807, 2.05) is 0 Å². The first-order valence-corrected chi connectivity index (χ1v) is 5.88. The van der Waals surface area contributed by atoms with Crippen LogP contribution in [0.25, 0.3) is 0 Å². The fourth-order valence-electron chi connectivity index (χ4n) is 2.86. The van der Waals surface area contributed by atoms with Gasteiger partial charge in [-0.2, -0.15) is 0 Å². The predicted molar refractivity (Wildman–Crippen MR) is 59.6 cm³/mol. The van der Waals surface area contributed by atoms with E-state index in [1.165, 1.54) is 0 Å². The molecule has 2 rings (SSSR count). The molecule has 16 heavy (non-hydrogen) atoms. The first-order valence-electron chi connectivity index (χ1n) is 5.88. The normalized spacial score (nSPS) is 39.3. The molecule has 0 aromatic heterocycles. The van der Waals surface area contributed by atoms with E-state index >= 15 is 0 Å². The summed E-state index contributed by atoms with van der Waals surface area (Å²) in [5, 5.41) is 5.75. The van der Waals surface area contributed by atoms with Crippen molar-refractivity contribution in [3.8, 4) is 0 Å². The number of hydrogen-bond acceptors (Lipinski definition) is 3. The summed E-state index contributed by atoms with van der Waals surface area (Å²) in [5.41, 5.74) is 0. The van der Waals surface area contributed by atoms with Crippen LogP contribution >= 0.6 is 0 Å². The van der Waals surface area contributed by atoms with E-state index in [4.69, 9.17) is 0 Å². The fraction of sp³-hybridized carbons (Fsp3) is 0.818. The van der Waals surface area contributed by atoms with Gasteiger partial charge >= 0.3 is 6.03 Å². The van der Waals surface area contributed by atoms with Gasteiger partial charge in [0.15, 0.2) is 0 Å². The minimum atomic E-state index is -0.303. The zero-order valence-corrected chi connectivity index (χ0v) is 9.99. The number of fused-ring (bicyclic) bond motifs is 1. The first kappa shape index (κ1) is 11.4. The second-order valence-electron chi connectivity index (χ2n) is 4.85. The maximum absolute atomic E-state index is 11.9. The molecule has 3 amide bonds. The minimum absolute atomic E-state index is 0.108. The highest BCUT2D eigenvalue weighted by atomic mass is 16.2. The van der Waals surface area contributed by atoms with Crippen molar-refractivity contribution < 1.29 is 9.59 Å². The largest absolute Gasteiger partial charge is 0.325 e. The zero-order chi connectivity index (χ0) is 11.9. The molecule has 2 aliphatic heterocycles. The number of carbonyl (C=O) groups excluding carboxylic acids is 2. The quantitative estimate of drug-likeness (QED) is 0.684. The highest BCUT2D eigenvalue weighted by Crippen LogP contribution is 2.32. The average molecular weight is 225 g/mol. The Kier molecular flexibility index (Phi) is 2.88. The van der Waals surface area contributed by atoms with Crippen LogP contribution in [0.1, 0.15) is 26.7 Å². The van der Waals surface area contributed by atoms with Crippen molar-refractivity contribution in [1.82, 2.24) is 15.5 Å². The number of imide groups is 1. The minimum Gasteiger partial charge on any atom is -0.311 e. The van der Waals surface area contributed by atoms with Crippen LogP contribution in [0.15, 0.2) is 0 Å². The van der Waals surface area contributed by atoms with Crippen LogP contribution in [0.4, 0.5) is 4.79 Å². The van der Waals surface area contributed by atoms with Crippen molar-refractivity contribution in [3.63, 3.8) is 0 Å². The van der Waals surface area contributed by atoms with Crippen molar-refractivity contribution in [2.75, 3.05) is 7.05 Å². The lowest BCUT2D eigenvalue weighted by molar-refractivity contribution is -0.133. The van der Waals surface area contributed by atoms with Gasteiger partial charge in [0.2, 0.25) is 5.91 Å². The Balaban J connectivity index is 2.26. The van der Waals surface area contributed by atoms with E-state index in [2.05, 4.69) is 24.5 Å². The summed E-state index contributed by atoms with van der Waals surface area (Å²) in [6, 6.07) is 0.0510. The van der Waals surface area contributed by atoms with Gasteiger partial charge < -0.3 is 4.90 Å². The predicted octanol–water partition coefficient (Wildman–Crippen LogP) is 0.518. The number of rotatable bonds is 1. The fourth-order valence-corrected chi connectivity index (χ4v) is 2.86. The Bertz CT molecular complexity index is 318. The summed E-state index contributed by atoms with van der Waals surface area (Å²) < 4.78 is 0. The second kappa shape index (κ2) is 4.05. The first-order chi connectivity index (χ1) is 7.54. The van der Waals surface area contributed by atoms with Crippen LogP contribution in [-0.4, -0.2) is 36.1 Å². The van der Waals surface area contributed by atoms with Crippen molar-refractivity contribution in [2.45, 2.75) is 38.9 Å². The van der Waals surface area contributed by atoms with Crippen LogP contribution in [0, 0.1) is 11.8 Å². The summed E-state index contributed by atoms with van der Waals surface area (Å²) in [5.74, 6) is 0.125. The van der Waals surface area contributed by atoms with Gasteiger partial charge in [-0.25, -0.2) is 4.79 Å². The number of piperidine rings is 1. The van der Waals surface area contributed by atoms with Crippen LogP contribution in [0.3, 0.4) is 0 Å². The molecular weight excluding hydrogens is 206 g/mol. The molecule has 2 N–H and O–H groups in total. The van der Waals surface area contributed by atoms with Crippen LogP contribution in [0.5, 0.6) is 0 Å². The third-order valence-corrected chi connectivity index (χ3v) is 3.75. The van der Waals surface area contributed by atoms with Crippen LogP contribution in [0.2, 0.25) is 0 Å². The molecule has 0 bridgehead atoms. The third-order valence-electron chi connectivity index (χ3n) is 3.75. The number of amides is 3. The van der Waals surface area contributed by atoms with Crippen LogP contribution in [-0.2, 0) is 4.79 Å². The summed E-state index contributed by atoms with van der Waals surface area (Å²) >= 11 is 0. The van der Waals surface area contributed by atoms with Gasteiger partial charge in [0, 0.05) is 13.1 Å². The molecule has 0 aromatic rings. The van der Waals surface area contributed by atoms with E-state index in [-0.39, 0.29) is 24.0 Å². The Morgan fingerprint density at radius 2 is 2.12 bits per heavy atom. The molecule has 4 unspecified atom stereocenters. The van der Waals surface area contributed by atoms with Crippen molar-refractivity contribution >= 4 is 11.9 Å². The molecule has 2 saturated heterocycles. The van der Waals surface area contributed by atoms with E-state index in [1.54, 1.807) is 11.9 Å². The van der Waals surface area contributed by atoms with Gasteiger partial charge in [0.1, 0.15) is 0 Å². The molecule has 5 nitrogen and oxygen atoms in total. The van der Waals surface area contributed by atoms with E-state index < -0.39 is 0 Å². The standard InChI is InChI=1S/C11H19N3O2/c1-4-7-5-6(2)12-9-8(7)10(15)13-11(16)14(9)3/h6-9,12H,4-5H2,1-3H3,(H,13,15,16). The maximum atomic E-state index is 11.9. The SMILES string of the molecule is CCC1CC(C)NC2C1C(=O)NC(=O)N2C. The highest BCUT2D eigenvalue weighted by Gasteiger charge is 2.46. The Hall–Kier alpha value is -1.10. The number of hydrogen-bond donors (Lipinski definition) is 2. The molecule has 0 aliphatic carbocycles. The molecule has 0 spiro atoms. The number of carbonyl (C=O) groups is 2. The summed E-state index contributed by atoms with van der Waals surface area (Å²) in [7, 11) is 1.73. The molecule has 0 radical (unpaired) electrons. The number of nitrogens with one attached hydrogen (secondary N) is 2. The van der Waals surface area contributed by atoms with E-state index in [0.717, 1.165) is 12.8 Å². The monoisotopic (exact) mass is 225 g/mol. The maximum Gasteiger partial charge on any atom is 0.325 e. The van der Waals surface area contributed by atoms with Crippen molar-refractivity contribution in [1.29, 1.82) is 0 Å². The van der Waals surface area contributed by atoms with E-state index in [0.29, 0.717) is 12.0 Å². The molecule has 2 heterocycles. The molecule has 2 fully saturated rings. The number of nitrogens with zero attached hydrogens (tertiary/aromatic N) is 1. The molecule has 90 valence electrons. The Labute approximate surface area is 95.6 Å². The van der Waals surface area contributed by atoms with Gasteiger partial charge in [-0.3, -0.25) is 15.4 Å². The summed E-state index contributed by atoms with van der Waals surface area (Å²) in [6.07, 6.45) is 1.82. The highest BCUT2D eigenvalue weighted by molar-refractivity contribution is 5.98. The lowest BCUT2D eigenvalue weighted by Crippen LogP contribution is -2.68. The third kappa shape index (κ3) is 1.69. The zero-order valence-electron chi connectivity index (χ0n) is 9.99. The van der Waals surface area contributed by atoms with Crippen LogP contribution < -0.4 is 10.6 Å². The smallest absolute Gasteiger partial charge is 0.311 e. The van der Waals surface area contributed by atoms with E-state index in [9.17, 15) is 9.59 Å². The lowest BCUT2D eigenvalue weighted by Gasteiger charge is -2.47. The van der Waals surface area contributed by atoms with Gasteiger partial charge in [0.05, 0.1) is 12.1 Å². The Morgan fingerprint density at radius 1 is 1.44 bits per heavy atom. The molecule has 0 aromatic carbocycles. The van der Waals surface area contributed by atoms with Gasteiger partial charge in [-0.1, -0.05) is 13.3 Å². The van der Waals surface area contributed by atoms with Crippen molar-refractivity contribution in [2.24, 2.45) is 11.8 Å². The molecule has 0 saturated carbocycles. The summed E-state index contributed by atoms with van der Waals surface area (Å²) in [4.78, 5) is 25.0. The molecular formula is C11H19N3O2. The topological polar surface area (TPSA) is 61.4 Å². The summed E-state index contributed by atoms with van der Waals surface area (Å²) in [6.45, 7) is 4.20. The molecule has 4 atom stereocenters. The van der Waals surface area contributed by atoms with Gasteiger partial charge in [-0.05, 0) is 19.3 Å². The van der Waals surface area contributed by atoms with Crippen molar-refractivity contribution in [3.05, 3.63) is 0 Å². The number of urea groups is 1. The van der Waals surface area contributed by atoms with Gasteiger partial charge in [-0.15, -0.1) is 0 Å². The van der Waals surface area contributed by atoms with Gasteiger partial charge in [0.25, 0.3) is 0 Å². The average Bonchev–Trinajstić information content (AvgIpc) is 2.24. The Morgan fingerprint density at radius 3 is 2.75 bits per heavy atom. The lowest BCUT2D eigenvalue weighted by atomic mass is 9.78. The molecule has 2 aliphatic rings. The second-order valence-corrected chi connectivity index (χ2v) is 4.85.